The van der Waals surface area contributed by atoms with Crippen LogP contribution in [0.3, 0.4) is 0 Å². The van der Waals surface area contributed by atoms with Gasteiger partial charge in [0.05, 0.1) is 6.04 Å². The van der Waals surface area contributed by atoms with Crippen LogP contribution in [0.5, 0.6) is 0 Å². The van der Waals surface area contributed by atoms with E-state index in [1.807, 2.05) is 24.3 Å². The zero-order valence-electron chi connectivity index (χ0n) is 10.4. The average molecular weight is 289 g/mol. The molecule has 0 saturated heterocycles. The number of nitrogens with one attached hydrogen (secondary N) is 1. The standard InChI is InChI=1S/C15H15NOS2/c17-15(10-4-6-11(18)7-5-10)16-13-2-1-3-14-12(13)8-9-19-14/h4-9,13,18H,1-3H2,(H,16,17). The Labute approximate surface area is 122 Å². The van der Waals surface area contributed by atoms with Crippen LogP contribution >= 0.6 is 24.0 Å². The van der Waals surface area contributed by atoms with Crippen LogP contribution in [-0.4, -0.2) is 5.91 Å². The van der Waals surface area contributed by atoms with Crippen LogP contribution in [0.15, 0.2) is 40.6 Å². The molecular weight excluding hydrogens is 274 g/mol. The van der Waals surface area contributed by atoms with Crippen molar-refractivity contribution in [2.24, 2.45) is 0 Å². The highest BCUT2D eigenvalue weighted by Crippen LogP contribution is 2.33. The molecule has 1 aromatic heterocycles. The second kappa shape index (κ2) is 5.39. The van der Waals surface area contributed by atoms with Crippen LogP contribution in [-0.2, 0) is 6.42 Å². The van der Waals surface area contributed by atoms with E-state index in [1.54, 1.807) is 11.3 Å². The van der Waals surface area contributed by atoms with Crippen molar-refractivity contribution in [3.8, 4) is 0 Å². The molecule has 19 heavy (non-hydrogen) atoms. The topological polar surface area (TPSA) is 29.1 Å². The largest absolute Gasteiger partial charge is 0.345 e. The third-order valence-electron chi connectivity index (χ3n) is 3.49. The lowest BCUT2D eigenvalue weighted by Gasteiger charge is -2.23. The number of hydrogen-bond acceptors (Lipinski definition) is 3. The molecular formula is C15H15NOS2. The maximum absolute atomic E-state index is 12.2. The fraction of sp³-hybridized carbons (Fsp3) is 0.267. The molecule has 1 N–H and O–H groups in total. The molecule has 0 fully saturated rings. The first-order valence-corrected chi connectivity index (χ1v) is 7.73. The van der Waals surface area contributed by atoms with Crippen molar-refractivity contribution < 1.29 is 4.79 Å². The maximum Gasteiger partial charge on any atom is 0.251 e. The summed E-state index contributed by atoms with van der Waals surface area (Å²) in [5.41, 5.74) is 2.00. The lowest BCUT2D eigenvalue weighted by Crippen LogP contribution is -2.30. The van der Waals surface area contributed by atoms with Crippen LogP contribution < -0.4 is 5.32 Å². The number of benzene rings is 1. The summed E-state index contributed by atoms with van der Waals surface area (Å²) in [6, 6.07) is 9.62. The van der Waals surface area contributed by atoms with Gasteiger partial charge in [0.15, 0.2) is 0 Å². The highest BCUT2D eigenvalue weighted by atomic mass is 32.1. The van der Waals surface area contributed by atoms with Gasteiger partial charge in [-0.2, -0.15) is 0 Å². The molecule has 4 heteroatoms. The molecule has 0 saturated carbocycles. The Balaban J connectivity index is 1.76. The van der Waals surface area contributed by atoms with E-state index in [0.717, 1.165) is 24.2 Å². The minimum absolute atomic E-state index is 0.00242. The summed E-state index contributed by atoms with van der Waals surface area (Å²) in [5, 5.41) is 5.26. The van der Waals surface area contributed by atoms with Crippen molar-refractivity contribution in [3.05, 3.63) is 51.7 Å². The highest BCUT2D eigenvalue weighted by molar-refractivity contribution is 7.80. The average Bonchev–Trinajstić information content (AvgIpc) is 2.89. The van der Waals surface area contributed by atoms with Gasteiger partial charge in [-0.05, 0) is 60.5 Å². The lowest BCUT2D eigenvalue weighted by atomic mass is 9.94. The number of rotatable bonds is 2. The van der Waals surface area contributed by atoms with Gasteiger partial charge < -0.3 is 5.32 Å². The first-order chi connectivity index (χ1) is 9.24. The second-order valence-electron chi connectivity index (χ2n) is 4.76. The normalized spacial score (nSPS) is 17.8. The smallest absolute Gasteiger partial charge is 0.251 e. The van der Waals surface area contributed by atoms with E-state index in [2.05, 4.69) is 29.4 Å². The van der Waals surface area contributed by atoms with Gasteiger partial charge >= 0.3 is 0 Å². The van der Waals surface area contributed by atoms with Crippen LogP contribution in [0, 0.1) is 0 Å². The van der Waals surface area contributed by atoms with Crippen molar-refractivity contribution in [2.75, 3.05) is 0 Å². The van der Waals surface area contributed by atoms with Crippen LogP contribution in [0.4, 0.5) is 0 Å². The second-order valence-corrected chi connectivity index (χ2v) is 6.28. The molecule has 1 amide bonds. The van der Waals surface area contributed by atoms with Crippen molar-refractivity contribution in [1.29, 1.82) is 0 Å². The van der Waals surface area contributed by atoms with Gasteiger partial charge in [0.1, 0.15) is 0 Å². The van der Waals surface area contributed by atoms with E-state index in [0.29, 0.717) is 5.56 Å². The molecule has 1 unspecified atom stereocenters. The minimum Gasteiger partial charge on any atom is -0.345 e. The number of fused-ring (bicyclic) bond motifs is 1. The molecule has 0 spiro atoms. The quantitative estimate of drug-likeness (QED) is 0.808. The zero-order valence-corrected chi connectivity index (χ0v) is 12.1. The predicted molar refractivity (Wildman–Crippen MR) is 81.2 cm³/mol. The van der Waals surface area contributed by atoms with Crippen LogP contribution in [0.1, 0.15) is 39.7 Å². The Morgan fingerprint density at radius 1 is 1.26 bits per heavy atom. The first kappa shape index (κ1) is 12.8. The molecule has 0 bridgehead atoms. The van der Waals surface area contributed by atoms with E-state index in [1.165, 1.54) is 10.4 Å². The number of amides is 1. The molecule has 98 valence electrons. The summed E-state index contributed by atoms with van der Waals surface area (Å²) >= 11 is 6.02. The van der Waals surface area contributed by atoms with Crippen molar-refractivity contribution in [1.82, 2.24) is 5.32 Å². The fourth-order valence-corrected chi connectivity index (χ4v) is 3.63. The summed E-state index contributed by atoms with van der Waals surface area (Å²) in [5.74, 6) is -0.00242. The van der Waals surface area contributed by atoms with E-state index in [4.69, 9.17) is 0 Å². The van der Waals surface area contributed by atoms with Gasteiger partial charge in [-0.1, -0.05) is 0 Å². The SMILES string of the molecule is O=C(NC1CCCc2sccc21)c1ccc(S)cc1. The molecule has 1 aromatic carbocycles. The van der Waals surface area contributed by atoms with E-state index in [9.17, 15) is 4.79 Å². The van der Waals surface area contributed by atoms with E-state index < -0.39 is 0 Å². The molecule has 1 atom stereocenters. The van der Waals surface area contributed by atoms with Crippen LogP contribution in [0.2, 0.25) is 0 Å². The lowest BCUT2D eigenvalue weighted by molar-refractivity contribution is 0.0933. The highest BCUT2D eigenvalue weighted by Gasteiger charge is 2.22. The Morgan fingerprint density at radius 3 is 2.84 bits per heavy atom. The monoisotopic (exact) mass is 289 g/mol. The first-order valence-electron chi connectivity index (χ1n) is 6.40. The van der Waals surface area contributed by atoms with Crippen molar-refractivity contribution >= 4 is 29.9 Å². The Morgan fingerprint density at radius 2 is 2.05 bits per heavy atom. The zero-order chi connectivity index (χ0) is 13.2. The molecule has 1 heterocycles. The van der Waals surface area contributed by atoms with Crippen molar-refractivity contribution in [2.45, 2.75) is 30.2 Å². The number of aryl methyl sites for hydroxylation is 1. The van der Waals surface area contributed by atoms with Gasteiger partial charge in [0.2, 0.25) is 0 Å². The summed E-state index contributed by atoms with van der Waals surface area (Å²) in [7, 11) is 0. The predicted octanol–water partition coefficient (Wildman–Crippen LogP) is 3.84. The molecule has 0 radical (unpaired) electrons. The molecule has 1 aliphatic rings. The van der Waals surface area contributed by atoms with E-state index >= 15 is 0 Å². The molecule has 0 aliphatic heterocycles. The van der Waals surface area contributed by atoms with Gasteiger partial charge in [0.25, 0.3) is 5.91 Å². The maximum atomic E-state index is 12.2. The van der Waals surface area contributed by atoms with Gasteiger partial charge in [-0.25, -0.2) is 0 Å². The Hall–Kier alpha value is -1.26. The Bertz CT molecular complexity index is 588. The van der Waals surface area contributed by atoms with Gasteiger partial charge in [0, 0.05) is 15.3 Å². The summed E-state index contributed by atoms with van der Waals surface area (Å²) in [6.07, 6.45) is 3.32. The summed E-state index contributed by atoms with van der Waals surface area (Å²) in [6.45, 7) is 0. The van der Waals surface area contributed by atoms with E-state index in [-0.39, 0.29) is 11.9 Å². The molecule has 2 aromatic rings. The van der Waals surface area contributed by atoms with Gasteiger partial charge in [-0.15, -0.1) is 24.0 Å². The number of hydrogen-bond donors (Lipinski definition) is 2. The van der Waals surface area contributed by atoms with Crippen molar-refractivity contribution in [3.63, 3.8) is 0 Å². The molecule has 2 nitrogen and oxygen atoms in total. The third-order valence-corrected chi connectivity index (χ3v) is 4.78. The number of thiophene rings is 1. The number of thiol groups is 1. The fourth-order valence-electron chi connectivity index (χ4n) is 2.49. The Kier molecular flexibility index (Phi) is 3.62. The summed E-state index contributed by atoms with van der Waals surface area (Å²) in [4.78, 5) is 14.5. The molecule has 1 aliphatic carbocycles. The number of carbonyl (C=O) groups is 1. The summed E-state index contributed by atoms with van der Waals surface area (Å²) < 4.78 is 0. The minimum atomic E-state index is -0.00242. The number of carbonyl (C=O) groups excluding carboxylic acids is 1. The van der Waals surface area contributed by atoms with Crippen LogP contribution in [0.25, 0.3) is 0 Å². The molecule has 3 rings (SSSR count). The third kappa shape index (κ3) is 2.69. The van der Waals surface area contributed by atoms with Gasteiger partial charge in [-0.3, -0.25) is 4.79 Å².